The maximum atomic E-state index is 4.57. The first-order valence-corrected chi connectivity index (χ1v) is 8.34. The van der Waals surface area contributed by atoms with Crippen molar-refractivity contribution in [2.45, 2.75) is 4.90 Å². The lowest BCUT2D eigenvalue weighted by molar-refractivity contribution is 1.24. The normalized spacial score (nSPS) is 10.7. The molecule has 24 heavy (non-hydrogen) atoms. The van der Waals surface area contributed by atoms with Crippen molar-refractivity contribution in [3.05, 3.63) is 79.5 Å². The Kier molecular flexibility index (Phi) is 4.08. The van der Waals surface area contributed by atoms with Gasteiger partial charge in [-0.1, -0.05) is 18.2 Å². The molecule has 0 saturated heterocycles. The van der Waals surface area contributed by atoms with E-state index in [2.05, 4.69) is 43.9 Å². The molecule has 0 unspecified atom stereocenters. The first-order valence-electron chi connectivity index (χ1n) is 7.53. The molecule has 1 aromatic carbocycles. The Labute approximate surface area is 144 Å². The van der Waals surface area contributed by atoms with Crippen LogP contribution in [0.15, 0.2) is 84.4 Å². The molecule has 3 heterocycles. The van der Waals surface area contributed by atoms with Crippen molar-refractivity contribution in [1.82, 2.24) is 15.0 Å². The van der Waals surface area contributed by atoms with Crippen molar-refractivity contribution in [3.8, 4) is 11.1 Å². The van der Waals surface area contributed by atoms with Gasteiger partial charge in [-0.3, -0.25) is 15.0 Å². The highest BCUT2D eigenvalue weighted by atomic mass is 32.2. The van der Waals surface area contributed by atoms with E-state index < -0.39 is 0 Å². The largest absolute Gasteiger partial charge is 0.324 e. The van der Waals surface area contributed by atoms with Gasteiger partial charge in [0.2, 0.25) is 0 Å². The first kappa shape index (κ1) is 14.7. The van der Waals surface area contributed by atoms with Crippen LogP contribution in [0.4, 0.5) is 5.69 Å². The topological polar surface area (TPSA) is 50.7 Å². The first-order chi connectivity index (χ1) is 11.9. The summed E-state index contributed by atoms with van der Waals surface area (Å²) in [6.07, 6.45) is 9.07. The van der Waals surface area contributed by atoms with E-state index in [1.165, 1.54) is 11.9 Å². The van der Waals surface area contributed by atoms with Gasteiger partial charge in [0.1, 0.15) is 0 Å². The number of pyridine rings is 3. The van der Waals surface area contributed by atoms with E-state index in [0.717, 1.165) is 32.6 Å². The van der Waals surface area contributed by atoms with E-state index in [4.69, 9.17) is 0 Å². The summed E-state index contributed by atoms with van der Waals surface area (Å²) in [5.74, 6) is 0. The number of hydrogen-bond donors (Lipinski definition) is 1. The predicted octanol–water partition coefficient (Wildman–Crippen LogP) is 4.81. The third-order valence-corrected chi connectivity index (χ3v) is 4.45. The minimum atomic E-state index is 0.940. The summed E-state index contributed by atoms with van der Waals surface area (Å²) in [6, 6.07) is 16.2. The molecule has 5 heteroatoms. The van der Waals surface area contributed by atoms with E-state index in [0.29, 0.717) is 0 Å². The van der Waals surface area contributed by atoms with Gasteiger partial charge in [-0.25, -0.2) is 0 Å². The molecular weight excluding hydrogens is 316 g/mol. The van der Waals surface area contributed by atoms with Crippen molar-refractivity contribution in [1.29, 1.82) is 0 Å². The number of nitrogens with one attached hydrogen (secondary N) is 1. The van der Waals surface area contributed by atoms with Gasteiger partial charge in [-0.2, -0.15) is 0 Å². The molecule has 1 N–H and O–H groups in total. The lowest BCUT2D eigenvalue weighted by Crippen LogP contribution is -1.92. The fourth-order valence-electron chi connectivity index (χ4n) is 2.55. The zero-order valence-electron chi connectivity index (χ0n) is 12.8. The highest BCUT2D eigenvalue weighted by Crippen LogP contribution is 2.33. The fraction of sp³-hybridized carbons (Fsp3) is 0. The molecular formula is C19H14N4S. The average molecular weight is 330 g/mol. The van der Waals surface area contributed by atoms with Crippen LogP contribution in [0.25, 0.3) is 22.0 Å². The summed E-state index contributed by atoms with van der Waals surface area (Å²) >= 11 is 1.53. The SMILES string of the molecule is c1cncc(SNc2ccc(-c3cccnc3)c3cccnc23)c1. The van der Waals surface area contributed by atoms with Crippen LogP contribution in [0.5, 0.6) is 0 Å². The zero-order chi connectivity index (χ0) is 16.2. The smallest absolute Gasteiger partial charge is 0.0947 e. The molecule has 0 aliphatic rings. The monoisotopic (exact) mass is 330 g/mol. The van der Waals surface area contributed by atoms with Crippen LogP contribution in [0.3, 0.4) is 0 Å². The summed E-state index contributed by atoms with van der Waals surface area (Å²) < 4.78 is 3.38. The molecule has 0 aliphatic carbocycles. The Bertz CT molecular complexity index is 959. The van der Waals surface area contributed by atoms with Crippen molar-refractivity contribution in [2.75, 3.05) is 4.72 Å². The van der Waals surface area contributed by atoms with Crippen LogP contribution < -0.4 is 4.72 Å². The van der Waals surface area contributed by atoms with Crippen LogP contribution in [-0.4, -0.2) is 15.0 Å². The lowest BCUT2D eigenvalue weighted by Gasteiger charge is -2.11. The number of benzene rings is 1. The molecule has 0 saturated carbocycles. The number of rotatable bonds is 4. The van der Waals surface area contributed by atoms with Crippen molar-refractivity contribution in [3.63, 3.8) is 0 Å². The Balaban J connectivity index is 1.73. The van der Waals surface area contributed by atoms with Gasteiger partial charge in [-0.05, 0) is 47.8 Å². The molecule has 0 radical (unpaired) electrons. The number of nitrogens with zero attached hydrogens (tertiary/aromatic N) is 3. The number of fused-ring (bicyclic) bond motifs is 1. The van der Waals surface area contributed by atoms with Crippen molar-refractivity contribution >= 4 is 28.5 Å². The summed E-state index contributed by atoms with van der Waals surface area (Å²) in [5, 5.41) is 1.10. The van der Waals surface area contributed by atoms with Gasteiger partial charge in [0, 0.05) is 46.8 Å². The second-order valence-corrected chi connectivity index (χ2v) is 6.07. The molecule has 0 amide bonds. The third-order valence-electron chi connectivity index (χ3n) is 3.66. The van der Waals surface area contributed by atoms with Crippen molar-refractivity contribution < 1.29 is 0 Å². The molecule has 0 atom stereocenters. The highest BCUT2D eigenvalue weighted by Gasteiger charge is 2.09. The maximum absolute atomic E-state index is 4.57. The highest BCUT2D eigenvalue weighted by molar-refractivity contribution is 8.00. The van der Waals surface area contributed by atoms with Gasteiger partial charge in [0.25, 0.3) is 0 Å². The van der Waals surface area contributed by atoms with Crippen LogP contribution in [0.2, 0.25) is 0 Å². The Morgan fingerprint density at radius 2 is 1.62 bits per heavy atom. The van der Waals surface area contributed by atoms with E-state index in [1.54, 1.807) is 12.4 Å². The second kappa shape index (κ2) is 6.68. The van der Waals surface area contributed by atoms with Crippen LogP contribution in [-0.2, 0) is 0 Å². The summed E-state index contributed by atoms with van der Waals surface area (Å²) in [5.41, 5.74) is 4.13. The van der Waals surface area contributed by atoms with Gasteiger partial charge in [-0.15, -0.1) is 0 Å². The molecule has 116 valence electrons. The molecule has 0 spiro atoms. The molecule has 0 aliphatic heterocycles. The third kappa shape index (κ3) is 2.94. The van der Waals surface area contributed by atoms with Crippen LogP contribution >= 0.6 is 11.9 Å². The molecule has 3 aromatic heterocycles. The van der Waals surface area contributed by atoms with E-state index in [-0.39, 0.29) is 0 Å². The molecule has 4 rings (SSSR count). The molecule has 4 aromatic rings. The molecule has 4 nitrogen and oxygen atoms in total. The summed E-state index contributed by atoms with van der Waals surface area (Å²) in [4.78, 5) is 14.0. The van der Waals surface area contributed by atoms with E-state index >= 15 is 0 Å². The van der Waals surface area contributed by atoms with E-state index in [1.807, 2.05) is 42.9 Å². The maximum Gasteiger partial charge on any atom is 0.0947 e. The quantitative estimate of drug-likeness (QED) is 0.544. The second-order valence-electron chi connectivity index (χ2n) is 5.19. The standard InChI is InChI=1S/C19H14N4S/c1-4-14(12-20-9-1)16-7-8-18(19-17(16)6-3-11-22-19)23-24-15-5-2-10-21-13-15/h1-13,23H. The molecule has 0 fully saturated rings. The van der Waals surface area contributed by atoms with E-state index in [9.17, 15) is 0 Å². The number of aromatic nitrogens is 3. The number of hydrogen-bond acceptors (Lipinski definition) is 5. The Morgan fingerprint density at radius 1 is 0.792 bits per heavy atom. The summed E-state index contributed by atoms with van der Waals surface area (Å²) in [6.45, 7) is 0. The summed E-state index contributed by atoms with van der Waals surface area (Å²) in [7, 11) is 0. The van der Waals surface area contributed by atoms with Crippen LogP contribution in [0.1, 0.15) is 0 Å². The van der Waals surface area contributed by atoms with Crippen LogP contribution in [0, 0.1) is 0 Å². The molecule has 0 bridgehead atoms. The lowest BCUT2D eigenvalue weighted by atomic mass is 10.0. The van der Waals surface area contributed by atoms with Crippen molar-refractivity contribution in [2.24, 2.45) is 0 Å². The minimum Gasteiger partial charge on any atom is -0.324 e. The van der Waals surface area contributed by atoms with Gasteiger partial charge in [0.05, 0.1) is 11.2 Å². The van der Waals surface area contributed by atoms with Gasteiger partial charge in [0.15, 0.2) is 0 Å². The van der Waals surface area contributed by atoms with Gasteiger partial charge >= 0.3 is 0 Å². The Hall–Kier alpha value is -2.92. The zero-order valence-corrected chi connectivity index (χ0v) is 13.6. The predicted molar refractivity (Wildman–Crippen MR) is 98.7 cm³/mol. The van der Waals surface area contributed by atoms with Gasteiger partial charge < -0.3 is 4.72 Å². The number of anilines is 1. The average Bonchev–Trinajstić information content (AvgIpc) is 2.67. The Morgan fingerprint density at radius 3 is 2.42 bits per heavy atom. The minimum absolute atomic E-state index is 0.940. The fourth-order valence-corrected chi connectivity index (χ4v) is 3.20.